The number of nitrogens with two attached hydrogens (primary N) is 1. The van der Waals surface area contributed by atoms with Crippen molar-refractivity contribution in [2.24, 2.45) is 5.73 Å². The van der Waals surface area contributed by atoms with Crippen LogP contribution >= 0.6 is 0 Å². The van der Waals surface area contributed by atoms with Gasteiger partial charge in [-0.25, -0.2) is 0 Å². The predicted octanol–water partition coefficient (Wildman–Crippen LogP) is 6.32. The fourth-order valence-electron chi connectivity index (χ4n) is 4.26. The second kappa shape index (κ2) is 38.7. The smallest absolute Gasteiger partial charge is 0.0701 e. The Bertz CT molecular complexity index is 394. The highest BCUT2D eigenvalue weighted by Gasteiger charge is 1.97. The zero-order valence-corrected chi connectivity index (χ0v) is 26.4. The fourth-order valence-corrected chi connectivity index (χ4v) is 4.26. The molecule has 0 aromatic rings. The fraction of sp³-hybridized carbons (Fsp3) is 1.00. The molecular formula is C32H67NO7. The van der Waals surface area contributed by atoms with E-state index in [0.29, 0.717) is 92.4 Å². The summed E-state index contributed by atoms with van der Waals surface area (Å²) in [5.74, 6) is 0. The Morgan fingerprint density at radius 3 is 0.775 bits per heavy atom. The molecule has 0 rings (SSSR count). The highest BCUT2D eigenvalue weighted by molar-refractivity contribution is 4.50. The molecule has 242 valence electrons. The highest BCUT2D eigenvalue weighted by atomic mass is 16.6. The minimum absolute atomic E-state index is 0.539. The summed E-state index contributed by atoms with van der Waals surface area (Å²) >= 11 is 0. The van der Waals surface area contributed by atoms with E-state index in [1.165, 1.54) is 96.3 Å². The lowest BCUT2D eigenvalue weighted by Gasteiger charge is -2.08. The van der Waals surface area contributed by atoms with E-state index in [1.54, 1.807) is 0 Å². The third-order valence-electron chi connectivity index (χ3n) is 6.64. The number of hydrogen-bond acceptors (Lipinski definition) is 8. The van der Waals surface area contributed by atoms with Crippen LogP contribution in [0.3, 0.4) is 0 Å². The molecule has 0 radical (unpaired) electrons. The first-order valence-corrected chi connectivity index (χ1v) is 16.7. The van der Waals surface area contributed by atoms with Crippen LogP contribution in [0.1, 0.15) is 110 Å². The van der Waals surface area contributed by atoms with Gasteiger partial charge in [-0.15, -0.1) is 0 Å². The number of ether oxygens (including phenoxy) is 7. The van der Waals surface area contributed by atoms with Gasteiger partial charge in [0.25, 0.3) is 0 Å². The van der Waals surface area contributed by atoms with Gasteiger partial charge in [-0.05, 0) is 6.42 Å². The van der Waals surface area contributed by atoms with Crippen molar-refractivity contribution in [3.05, 3.63) is 0 Å². The molecule has 0 aliphatic rings. The number of rotatable bonds is 37. The molecule has 0 saturated heterocycles. The maximum absolute atomic E-state index is 5.67. The molecule has 0 saturated carbocycles. The number of hydrogen-bond donors (Lipinski definition) is 1. The lowest BCUT2D eigenvalue weighted by molar-refractivity contribution is -0.0203. The lowest BCUT2D eigenvalue weighted by Crippen LogP contribution is -2.15. The Hall–Kier alpha value is -0.320. The van der Waals surface area contributed by atoms with Crippen molar-refractivity contribution in [1.82, 2.24) is 0 Å². The first-order valence-electron chi connectivity index (χ1n) is 16.7. The van der Waals surface area contributed by atoms with Crippen LogP contribution in [-0.4, -0.2) is 99.0 Å². The SMILES string of the molecule is CCCCCCCCCCCCCCCCCCOCCOCCOCCOCCOCCOCCOCCN. The molecule has 0 unspecified atom stereocenters. The van der Waals surface area contributed by atoms with E-state index < -0.39 is 0 Å². The molecule has 2 N–H and O–H groups in total. The first-order chi connectivity index (χ1) is 19.9. The third-order valence-corrected chi connectivity index (χ3v) is 6.64. The minimum Gasteiger partial charge on any atom is -0.379 e. The van der Waals surface area contributed by atoms with Crippen molar-refractivity contribution < 1.29 is 33.2 Å². The molecule has 0 aromatic heterocycles. The maximum Gasteiger partial charge on any atom is 0.0701 e. The molecule has 0 aliphatic heterocycles. The van der Waals surface area contributed by atoms with E-state index in [-0.39, 0.29) is 0 Å². The normalized spacial score (nSPS) is 11.6. The van der Waals surface area contributed by atoms with E-state index >= 15 is 0 Å². The van der Waals surface area contributed by atoms with E-state index in [9.17, 15) is 0 Å². The van der Waals surface area contributed by atoms with E-state index in [0.717, 1.165) is 13.0 Å². The van der Waals surface area contributed by atoms with Gasteiger partial charge in [-0.1, -0.05) is 103 Å². The second-order valence-electron chi connectivity index (χ2n) is 10.4. The Morgan fingerprint density at radius 2 is 0.500 bits per heavy atom. The van der Waals surface area contributed by atoms with Gasteiger partial charge in [-0.2, -0.15) is 0 Å². The second-order valence-corrected chi connectivity index (χ2v) is 10.4. The van der Waals surface area contributed by atoms with Crippen molar-refractivity contribution in [1.29, 1.82) is 0 Å². The van der Waals surface area contributed by atoms with Crippen LogP contribution in [0.15, 0.2) is 0 Å². The zero-order valence-electron chi connectivity index (χ0n) is 26.4. The summed E-state index contributed by atoms with van der Waals surface area (Å²) in [6.45, 7) is 11.1. The van der Waals surface area contributed by atoms with Gasteiger partial charge < -0.3 is 38.9 Å². The van der Waals surface area contributed by atoms with Gasteiger partial charge in [0.2, 0.25) is 0 Å². The minimum atomic E-state index is 0.539. The van der Waals surface area contributed by atoms with Crippen LogP contribution in [0.2, 0.25) is 0 Å². The van der Waals surface area contributed by atoms with E-state index in [1.807, 2.05) is 0 Å². The summed E-state index contributed by atoms with van der Waals surface area (Å²) in [6, 6.07) is 0. The van der Waals surface area contributed by atoms with Crippen LogP contribution in [0.25, 0.3) is 0 Å². The van der Waals surface area contributed by atoms with Crippen molar-refractivity contribution in [3.8, 4) is 0 Å². The largest absolute Gasteiger partial charge is 0.379 e. The zero-order chi connectivity index (χ0) is 28.9. The van der Waals surface area contributed by atoms with Crippen molar-refractivity contribution in [3.63, 3.8) is 0 Å². The quantitative estimate of drug-likeness (QED) is 0.0858. The van der Waals surface area contributed by atoms with Gasteiger partial charge in [0.1, 0.15) is 0 Å². The van der Waals surface area contributed by atoms with Crippen LogP contribution in [-0.2, 0) is 33.2 Å². The maximum atomic E-state index is 5.67. The van der Waals surface area contributed by atoms with Crippen LogP contribution < -0.4 is 5.73 Å². The summed E-state index contributed by atoms with van der Waals surface area (Å²) in [4.78, 5) is 0. The summed E-state index contributed by atoms with van der Waals surface area (Å²) in [5, 5.41) is 0. The van der Waals surface area contributed by atoms with Crippen molar-refractivity contribution >= 4 is 0 Å². The molecule has 0 atom stereocenters. The monoisotopic (exact) mass is 577 g/mol. The van der Waals surface area contributed by atoms with Gasteiger partial charge in [0, 0.05) is 13.2 Å². The Labute approximate surface area is 247 Å². The van der Waals surface area contributed by atoms with Gasteiger partial charge >= 0.3 is 0 Å². The van der Waals surface area contributed by atoms with Gasteiger partial charge in [0.05, 0.1) is 85.9 Å². The van der Waals surface area contributed by atoms with Crippen molar-refractivity contribution in [2.45, 2.75) is 110 Å². The molecule has 0 spiro atoms. The van der Waals surface area contributed by atoms with Gasteiger partial charge in [-0.3, -0.25) is 0 Å². The van der Waals surface area contributed by atoms with E-state index in [2.05, 4.69) is 6.92 Å². The average Bonchev–Trinajstić information content (AvgIpc) is 2.97. The van der Waals surface area contributed by atoms with E-state index in [4.69, 9.17) is 38.9 Å². The Kier molecular flexibility index (Phi) is 38.4. The standard InChI is InChI=1S/C32H67NO7/c1-2-3-4-5-6-7-8-9-10-11-12-13-14-15-16-17-19-34-21-23-36-25-27-38-29-31-40-32-30-39-28-26-37-24-22-35-20-18-33/h2-33H2,1H3. The first kappa shape index (κ1) is 39.7. The summed E-state index contributed by atoms with van der Waals surface area (Å²) < 4.78 is 38.2. The molecule has 40 heavy (non-hydrogen) atoms. The molecule has 0 amide bonds. The molecule has 0 bridgehead atoms. The Balaban J connectivity index is 3.01. The molecular weight excluding hydrogens is 510 g/mol. The van der Waals surface area contributed by atoms with Crippen LogP contribution in [0.5, 0.6) is 0 Å². The number of unbranched alkanes of at least 4 members (excludes halogenated alkanes) is 15. The average molecular weight is 578 g/mol. The third kappa shape index (κ3) is 37.7. The highest BCUT2D eigenvalue weighted by Crippen LogP contribution is 2.13. The Morgan fingerprint density at radius 1 is 0.275 bits per heavy atom. The molecule has 0 aromatic carbocycles. The predicted molar refractivity (Wildman–Crippen MR) is 164 cm³/mol. The summed E-state index contributed by atoms with van der Waals surface area (Å²) in [6.07, 6.45) is 22.3. The summed E-state index contributed by atoms with van der Waals surface area (Å²) in [7, 11) is 0. The van der Waals surface area contributed by atoms with Gasteiger partial charge in [0.15, 0.2) is 0 Å². The molecule has 0 aliphatic carbocycles. The molecule has 8 nitrogen and oxygen atoms in total. The molecule has 8 heteroatoms. The van der Waals surface area contributed by atoms with Crippen LogP contribution in [0.4, 0.5) is 0 Å². The molecule has 0 heterocycles. The molecule has 0 fully saturated rings. The lowest BCUT2D eigenvalue weighted by atomic mass is 10.0. The topological polar surface area (TPSA) is 90.6 Å². The van der Waals surface area contributed by atoms with Crippen LogP contribution in [0, 0.1) is 0 Å². The van der Waals surface area contributed by atoms with Crippen molar-refractivity contribution in [2.75, 3.05) is 99.0 Å². The summed E-state index contributed by atoms with van der Waals surface area (Å²) in [5.41, 5.74) is 5.34.